The normalized spacial score (nSPS) is 18.5. The fourth-order valence-electron chi connectivity index (χ4n) is 3.20. The van der Waals surface area contributed by atoms with Gasteiger partial charge in [-0.1, -0.05) is 18.2 Å². The average molecular weight is 308 g/mol. The summed E-state index contributed by atoms with van der Waals surface area (Å²) in [6, 6.07) is 12.5. The Kier molecular flexibility index (Phi) is 3.90. The minimum atomic E-state index is 0.525. The lowest BCUT2D eigenvalue weighted by molar-refractivity contribution is 0.216. The Morgan fingerprint density at radius 2 is 2.00 bits per heavy atom. The van der Waals surface area contributed by atoms with Gasteiger partial charge in [0.15, 0.2) is 0 Å². The van der Waals surface area contributed by atoms with Crippen molar-refractivity contribution in [1.29, 1.82) is 0 Å². The van der Waals surface area contributed by atoms with E-state index < -0.39 is 0 Å². The van der Waals surface area contributed by atoms with Gasteiger partial charge in [-0.15, -0.1) is 0 Å². The number of para-hydroxylation sites is 1. The van der Waals surface area contributed by atoms with Gasteiger partial charge in [-0.3, -0.25) is 9.58 Å². The molecule has 6 nitrogen and oxygen atoms in total. The molecule has 0 radical (unpaired) electrons. The summed E-state index contributed by atoms with van der Waals surface area (Å²) in [5.41, 5.74) is 2.01. The SMILES string of the molecule is c1ccc(-n2ncc(CN3CCC[C@H]3Cn3cccn3)n2)cc1. The van der Waals surface area contributed by atoms with Crippen LogP contribution >= 0.6 is 0 Å². The first kappa shape index (κ1) is 14.1. The number of hydrogen-bond acceptors (Lipinski definition) is 4. The summed E-state index contributed by atoms with van der Waals surface area (Å²) < 4.78 is 2.02. The van der Waals surface area contributed by atoms with Crippen LogP contribution in [0.3, 0.4) is 0 Å². The Bertz CT molecular complexity index is 734. The molecule has 0 amide bonds. The smallest absolute Gasteiger partial charge is 0.0971 e. The maximum Gasteiger partial charge on any atom is 0.0971 e. The second-order valence-corrected chi connectivity index (χ2v) is 5.96. The van der Waals surface area contributed by atoms with Crippen molar-refractivity contribution in [3.63, 3.8) is 0 Å². The standard InChI is InChI=1S/C17H20N6/c1-2-6-16(7-3-1)23-19-12-15(20-23)13-21-10-4-8-17(21)14-22-11-5-9-18-22/h1-3,5-7,9,11-12,17H,4,8,10,13-14H2/t17-/m0/s1. The van der Waals surface area contributed by atoms with Gasteiger partial charge in [0.1, 0.15) is 0 Å². The summed E-state index contributed by atoms with van der Waals surface area (Å²) in [6.45, 7) is 2.91. The van der Waals surface area contributed by atoms with Gasteiger partial charge in [-0.05, 0) is 37.6 Å². The first-order valence-corrected chi connectivity index (χ1v) is 8.06. The first-order valence-electron chi connectivity index (χ1n) is 8.06. The molecular weight excluding hydrogens is 288 g/mol. The predicted octanol–water partition coefficient (Wildman–Crippen LogP) is 2.13. The zero-order valence-electron chi connectivity index (χ0n) is 13.0. The number of nitrogens with zero attached hydrogens (tertiary/aromatic N) is 6. The average Bonchev–Trinajstić information content (AvgIpc) is 3.33. The van der Waals surface area contributed by atoms with Gasteiger partial charge in [-0.25, -0.2) is 0 Å². The summed E-state index contributed by atoms with van der Waals surface area (Å²) in [5.74, 6) is 0. The van der Waals surface area contributed by atoms with E-state index in [0.717, 1.165) is 31.0 Å². The molecule has 0 N–H and O–H groups in total. The van der Waals surface area contributed by atoms with Crippen molar-refractivity contribution < 1.29 is 0 Å². The number of likely N-dealkylation sites (tertiary alicyclic amines) is 1. The van der Waals surface area contributed by atoms with Gasteiger partial charge in [0, 0.05) is 25.0 Å². The maximum absolute atomic E-state index is 4.62. The van der Waals surface area contributed by atoms with Crippen molar-refractivity contribution >= 4 is 0 Å². The van der Waals surface area contributed by atoms with E-state index in [1.807, 2.05) is 59.7 Å². The first-order chi connectivity index (χ1) is 11.4. The van der Waals surface area contributed by atoms with Gasteiger partial charge >= 0.3 is 0 Å². The Hall–Kier alpha value is -2.47. The minimum absolute atomic E-state index is 0.525. The molecule has 1 aliphatic rings. The van der Waals surface area contributed by atoms with Gasteiger partial charge in [-0.2, -0.15) is 20.1 Å². The van der Waals surface area contributed by atoms with Crippen molar-refractivity contribution in [2.24, 2.45) is 0 Å². The summed E-state index contributed by atoms with van der Waals surface area (Å²) in [7, 11) is 0. The lowest BCUT2D eigenvalue weighted by atomic mass is 10.2. The van der Waals surface area contributed by atoms with Crippen LogP contribution in [0, 0.1) is 0 Å². The van der Waals surface area contributed by atoms with E-state index in [2.05, 4.69) is 20.2 Å². The Labute approximate surface area is 135 Å². The second-order valence-electron chi connectivity index (χ2n) is 5.96. The fourth-order valence-corrected chi connectivity index (χ4v) is 3.20. The van der Waals surface area contributed by atoms with E-state index >= 15 is 0 Å². The van der Waals surface area contributed by atoms with Crippen LogP contribution in [-0.2, 0) is 13.1 Å². The topological polar surface area (TPSA) is 51.8 Å². The van der Waals surface area contributed by atoms with E-state index in [-0.39, 0.29) is 0 Å². The highest BCUT2D eigenvalue weighted by atomic mass is 15.5. The molecule has 1 aromatic carbocycles. The predicted molar refractivity (Wildman–Crippen MR) is 87.0 cm³/mol. The van der Waals surface area contributed by atoms with Crippen molar-refractivity contribution in [2.45, 2.75) is 32.0 Å². The van der Waals surface area contributed by atoms with Gasteiger partial charge in [0.05, 0.1) is 24.1 Å². The van der Waals surface area contributed by atoms with Crippen molar-refractivity contribution in [3.8, 4) is 5.69 Å². The molecule has 0 aliphatic carbocycles. The Morgan fingerprint density at radius 1 is 1.09 bits per heavy atom. The largest absolute Gasteiger partial charge is 0.293 e. The highest BCUT2D eigenvalue weighted by molar-refractivity contribution is 5.28. The van der Waals surface area contributed by atoms with E-state index in [1.54, 1.807) is 4.80 Å². The number of aromatic nitrogens is 5. The molecule has 4 rings (SSSR count). The van der Waals surface area contributed by atoms with Crippen LogP contribution in [0.1, 0.15) is 18.5 Å². The van der Waals surface area contributed by atoms with Crippen LogP contribution in [0.4, 0.5) is 0 Å². The number of hydrogen-bond donors (Lipinski definition) is 0. The van der Waals surface area contributed by atoms with Crippen molar-refractivity contribution in [1.82, 2.24) is 29.7 Å². The molecular formula is C17H20N6. The third kappa shape index (κ3) is 3.17. The van der Waals surface area contributed by atoms with E-state index in [9.17, 15) is 0 Å². The third-order valence-electron chi connectivity index (χ3n) is 4.35. The summed E-state index contributed by atoms with van der Waals surface area (Å²) >= 11 is 0. The van der Waals surface area contributed by atoms with Crippen LogP contribution in [0.15, 0.2) is 55.0 Å². The van der Waals surface area contributed by atoms with Crippen molar-refractivity contribution in [3.05, 3.63) is 60.7 Å². The summed E-state index contributed by atoms with van der Waals surface area (Å²) in [5, 5.41) is 13.3. The molecule has 1 aliphatic heterocycles. The van der Waals surface area contributed by atoms with E-state index in [1.165, 1.54) is 12.8 Å². The Morgan fingerprint density at radius 3 is 2.83 bits per heavy atom. The molecule has 0 unspecified atom stereocenters. The molecule has 3 aromatic rings. The molecule has 1 atom stereocenters. The highest BCUT2D eigenvalue weighted by Gasteiger charge is 2.25. The fraction of sp³-hybridized carbons (Fsp3) is 0.353. The maximum atomic E-state index is 4.62. The highest BCUT2D eigenvalue weighted by Crippen LogP contribution is 2.20. The summed E-state index contributed by atoms with van der Waals surface area (Å²) in [6.07, 6.45) is 8.19. The molecule has 0 bridgehead atoms. The molecule has 0 spiro atoms. The zero-order chi connectivity index (χ0) is 15.5. The van der Waals surface area contributed by atoms with E-state index in [0.29, 0.717) is 6.04 Å². The quantitative estimate of drug-likeness (QED) is 0.724. The molecule has 1 saturated heterocycles. The molecule has 1 fully saturated rings. The minimum Gasteiger partial charge on any atom is -0.293 e. The molecule has 0 saturated carbocycles. The number of benzene rings is 1. The van der Waals surface area contributed by atoms with Gasteiger partial charge in [0.25, 0.3) is 0 Å². The van der Waals surface area contributed by atoms with Crippen LogP contribution in [0.5, 0.6) is 0 Å². The second kappa shape index (κ2) is 6.34. The molecule has 118 valence electrons. The Balaban J connectivity index is 1.44. The van der Waals surface area contributed by atoms with Crippen LogP contribution in [0.25, 0.3) is 5.69 Å². The molecule has 2 aromatic heterocycles. The lowest BCUT2D eigenvalue weighted by Gasteiger charge is -2.23. The monoisotopic (exact) mass is 308 g/mol. The molecule has 6 heteroatoms. The van der Waals surface area contributed by atoms with E-state index in [4.69, 9.17) is 0 Å². The van der Waals surface area contributed by atoms with Gasteiger partial charge < -0.3 is 0 Å². The number of rotatable bonds is 5. The third-order valence-corrected chi connectivity index (χ3v) is 4.35. The lowest BCUT2D eigenvalue weighted by Crippen LogP contribution is -2.32. The van der Waals surface area contributed by atoms with Crippen LogP contribution in [-0.4, -0.2) is 42.3 Å². The summed E-state index contributed by atoms with van der Waals surface area (Å²) in [4.78, 5) is 4.19. The van der Waals surface area contributed by atoms with Crippen LogP contribution in [0.2, 0.25) is 0 Å². The zero-order valence-corrected chi connectivity index (χ0v) is 13.0. The molecule has 23 heavy (non-hydrogen) atoms. The van der Waals surface area contributed by atoms with Crippen molar-refractivity contribution in [2.75, 3.05) is 6.54 Å². The van der Waals surface area contributed by atoms with Crippen LogP contribution < -0.4 is 0 Å². The molecule has 3 heterocycles. The van der Waals surface area contributed by atoms with Gasteiger partial charge in [0.2, 0.25) is 0 Å².